The Hall–Kier alpha value is -2.86. The van der Waals surface area contributed by atoms with E-state index < -0.39 is 45.4 Å². The molecule has 41 heavy (non-hydrogen) atoms. The molecule has 0 aliphatic heterocycles. The van der Waals surface area contributed by atoms with Gasteiger partial charge in [0.1, 0.15) is 11.9 Å². The Morgan fingerprint density at radius 1 is 0.976 bits per heavy atom. The molecular formula is C30H45FN4O5S. The number of hydrogen-bond acceptors (Lipinski definition) is 6. The summed E-state index contributed by atoms with van der Waals surface area (Å²) >= 11 is 0. The number of carbonyl (C=O) groups is 2. The first-order valence-corrected chi connectivity index (χ1v) is 15.6. The summed E-state index contributed by atoms with van der Waals surface area (Å²) in [6.07, 6.45) is 0.143. The number of nitrogens with one attached hydrogen (secondary N) is 3. The Labute approximate surface area is 244 Å². The van der Waals surface area contributed by atoms with E-state index in [4.69, 9.17) is 0 Å². The molecule has 11 heteroatoms. The number of nitrogens with zero attached hydrogens (tertiary/aromatic N) is 1. The van der Waals surface area contributed by atoms with E-state index in [2.05, 4.69) is 16.0 Å². The fourth-order valence-corrected chi connectivity index (χ4v) is 5.35. The second-order valence-corrected chi connectivity index (χ2v) is 13.9. The van der Waals surface area contributed by atoms with Crippen molar-refractivity contribution < 1.29 is 27.5 Å². The van der Waals surface area contributed by atoms with Gasteiger partial charge in [0.25, 0.3) is 0 Å². The molecule has 3 atom stereocenters. The van der Waals surface area contributed by atoms with Crippen LogP contribution in [0.5, 0.6) is 0 Å². The number of amides is 2. The van der Waals surface area contributed by atoms with E-state index >= 15 is 0 Å². The molecule has 0 saturated carbocycles. The summed E-state index contributed by atoms with van der Waals surface area (Å²) in [7, 11) is -3.60. The SMILES string of the molecule is CC(C)CN(C[C@@H](O)[C@H](Cc1ccccc1)NC(=O)[C@@H](NC(=O)CNCc1cccc(F)c1)C(C)(C)C)S(C)(=O)=O. The molecule has 9 nitrogen and oxygen atoms in total. The highest BCUT2D eigenvalue weighted by molar-refractivity contribution is 7.88. The van der Waals surface area contributed by atoms with E-state index in [1.54, 1.807) is 12.1 Å². The first kappa shape index (κ1) is 34.3. The number of aliphatic hydroxyl groups excluding tert-OH is 1. The van der Waals surface area contributed by atoms with Crippen LogP contribution in [0.4, 0.5) is 4.39 Å². The number of hydrogen-bond donors (Lipinski definition) is 4. The molecule has 2 amide bonds. The van der Waals surface area contributed by atoms with E-state index in [0.717, 1.165) is 11.8 Å². The van der Waals surface area contributed by atoms with Crippen molar-refractivity contribution in [3.8, 4) is 0 Å². The van der Waals surface area contributed by atoms with Gasteiger partial charge >= 0.3 is 0 Å². The molecule has 2 aromatic rings. The molecule has 228 valence electrons. The Balaban J connectivity index is 2.17. The van der Waals surface area contributed by atoms with Gasteiger partial charge in [-0.3, -0.25) is 9.59 Å². The molecule has 0 aliphatic rings. The number of carbonyl (C=O) groups excluding carboxylic acids is 2. The summed E-state index contributed by atoms with van der Waals surface area (Å²) in [6.45, 7) is 9.43. The number of benzene rings is 2. The van der Waals surface area contributed by atoms with E-state index in [-0.39, 0.29) is 44.3 Å². The van der Waals surface area contributed by atoms with Crippen LogP contribution in [0.3, 0.4) is 0 Å². The standard InChI is InChI=1S/C30H45FN4O5S/c1-21(2)19-35(41(6,39)40)20-26(36)25(16-22-11-8-7-9-12-22)33-29(38)28(30(3,4)5)34-27(37)18-32-17-23-13-10-14-24(31)15-23/h7-15,21,25-26,28,32,36H,16-20H2,1-6H3,(H,33,38)(H,34,37)/t25-,26+,28+/m0/s1. The number of halogens is 1. The fraction of sp³-hybridized carbons (Fsp3) is 0.533. The zero-order chi connectivity index (χ0) is 30.8. The molecule has 0 saturated heterocycles. The Morgan fingerprint density at radius 3 is 2.17 bits per heavy atom. The Kier molecular flexibility index (Phi) is 12.9. The highest BCUT2D eigenvalue weighted by atomic mass is 32.2. The summed E-state index contributed by atoms with van der Waals surface area (Å²) in [6, 6.07) is 13.5. The van der Waals surface area contributed by atoms with Gasteiger partial charge in [-0.2, -0.15) is 4.31 Å². The molecule has 0 aromatic heterocycles. The van der Waals surface area contributed by atoms with E-state index in [9.17, 15) is 27.5 Å². The Morgan fingerprint density at radius 2 is 1.61 bits per heavy atom. The molecule has 0 bridgehead atoms. The van der Waals surface area contributed by atoms with Crippen LogP contribution >= 0.6 is 0 Å². The Bertz CT molecular complexity index is 1230. The van der Waals surface area contributed by atoms with Crippen molar-refractivity contribution in [3.63, 3.8) is 0 Å². The fourth-order valence-electron chi connectivity index (χ4n) is 4.36. The maximum absolute atomic E-state index is 13.6. The first-order chi connectivity index (χ1) is 19.1. The maximum Gasteiger partial charge on any atom is 0.243 e. The number of sulfonamides is 1. The average molecular weight is 593 g/mol. The topological polar surface area (TPSA) is 128 Å². The lowest BCUT2D eigenvalue weighted by atomic mass is 9.85. The zero-order valence-electron chi connectivity index (χ0n) is 24.9. The second-order valence-electron chi connectivity index (χ2n) is 11.9. The van der Waals surface area contributed by atoms with Gasteiger partial charge in [0.2, 0.25) is 21.8 Å². The van der Waals surface area contributed by atoms with Gasteiger partial charge < -0.3 is 21.1 Å². The monoisotopic (exact) mass is 592 g/mol. The zero-order valence-corrected chi connectivity index (χ0v) is 25.7. The molecular weight excluding hydrogens is 547 g/mol. The molecule has 0 unspecified atom stereocenters. The van der Waals surface area contributed by atoms with Crippen LogP contribution in [0, 0.1) is 17.2 Å². The van der Waals surface area contributed by atoms with Gasteiger partial charge in [0.05, 0.1) is 24.9 Å². The van der Waals surface area contributed by atoms with Gasteiger partial charge in [-0.1, -0.05) is 77.1 Å². The van der Waals surface area contributed by atoms with Crippen molar-refractivity contribution >= 4 is 21.8 Å². The van der Waals surface area contributed by atoms with Gasteiger partial charge in [-0.05, 0) is 41.0 Å². The first-order valence-electron chi connectivity index (χ1n) is 13.8. The van der Waals surface area contributed by atoms with Crippen LogP contribution in [-0.2, 0) is 32.6 Å². The summed E-state index contributed by atoms with van der Waals surface area (Å²) in [5.74, 6) is -1.24. The smallest absolute Gasteiger partial charge is 0.243 e. The summed E-state index contributed by atoms with van der Waals surface area (Å²) in [5.41, 5.74) is 0.854. The third kappa shape index (κ3) is 12.3. The third-order valence-electron chi connectivity index (χ3n) is 6.46. The summed E-state index contributed by atoms with van der Waals surface area (Å²) < 4.78 is 39.5. The van der Waals surface area contributed by atoms with Crippen molar-refractivity contribution in [1.29, 1.82) is 0 Å². The van der Waals surface area contributed by atoms with Gasteiger partial charge in [0.15, 0.2) is 0 Å². The maximum atomic E-state index is 13.6. The van der Waals surface area contributed by atoms with Gasteiger partial charge in [0, 0.05) is 19.6 Å². The molecule has 0 radical (unpaired) electrons. The molecule has 0 aliphatic carbocycles. The highest BCUT2D eigenvalue weighted by Gasteiger charge is 2.36. The molecule has 0 spiro atoms. The molecule has 2 rings (SSSR count). The minimum Gasteiger partial charge on any atom is -0.390 e. The molecule has 0 heterocycles. The van der Waals surface area contributed by atoms with Gasteiger partial charge in [-0.15, -0.1) is 0 Å². The van der Waals surface area contributed by atoms with Crippen LogP contribution in [0.25, 0.3) is 0 Å². The molecule has 2 aromatic carbocycles. The van der Waals surface area contributed by atoms with E-state index in [1.165, 1.54) is 16.4 Å². The lowest BCUT2D eigenvalue weighted by Gasteiger charge is -2.34. The minimum absolute atomic E-state index is 0.0362. The van der Waals surface area contributed by atoms with Gasteiger partial charge in [-0.25, -0.2) is 12.8 Å². The third-order valence-corrected chi connectivity index (χ3v) is 7.69. The van der Waals surface area contributed by atoms with E-state index in [0.29, 0.717) is 5.56 Å². The van der Waals surface area contributed by atoms with Crippen molar-refractivity contribution in [2.24, 2.45) is 11.3 Å². The van der Waals surface area contributed by atoms with Crippen LogP contribution in [0.1, 0.15) is 45.7 Å². The van der Waals surface area contributed by atoms with Crippen LogP contribution in [0.15, 0.2) is 54.6 Å². The van der Waals surface area contributed by atoms with E-state index in [1.807, 2.05) is 65.0 Å². The quantitative estimate of drug-likeness (QED) is 0.252. The number of aliphatic hydroxyl groups is 1. The van der Waals surface area contributed by atoms with Crippen LogP contribution < -0.4 is 16.0 Å². The summed E-state index contributed by atoms with van der Waals surface area (Å²) in [5, 5.41) is 19.9. The molecule has 0 fully saturated rings. The van der Waals surface area contributed by atoms with Crippen molar-refractivity contribution in [3.05, 3.63) is 71.5 Å². The van der Waals surface area contributed by atoms with Crippen LogP contribution in [0.2, 0.25) is 0 Å². The van der Waals surface area contributed by atoms with Crippen molar-refractivity contribution in [2.75, 3.05) is 25.9 Å². The second kappa shape index (κ2) is 15.4. The highest BCUT2D eigenvalue weighted by Crippen LogP contribution is 2.20. The van der Waals surface area contributed by atoms with Crippen LogP contribution in [-0.4, -0.2) is 73.7 Å². The normalized spacial score (nSPS) is 14.5. The minimum atomic E-state index is -3.60. The predicted molar refractivity (Wildman–Crippen MR) is 159 cm³/mol. The lowest BCUT2D eigenvalue weighted by Crippen LogP contribution is -2.59. The summed E-state index contributed by atoms with van der Waals surface area (Å²) in [4.78, 5) is 26.4. The van der Waals surface area contributed by atoms with Crippen molar-refractivity contribution in [2.45, 2.75) is 65.8 Å². The number of rotatable bonds is 15. The average Bonchev–Trinajstić information content (AvgIpc) is 2.85. The largest absolute Gasteiger partial charge is 0.390 e. The predicted octanol–water partition coefficient (Wildman–Crippen LogP) is 2.45. The lowest BCUT2D eigenvalue weighted by molar-refractivity contribution is -0.132. The van der Waals surface area contributed by atoms with Crippen molar-refractivity contribution in [1.82, 2.24) is 20.3 Å². The molecule has 4 N–H and O–H groups in total.